The van der Waals surface area contributed by atoms with Crippen molar-refractivity contribution in [3.63, 3.8) is 0 Å². The monoisotopic (exact) mass is 278 g/mol. The van der Waals surface area contributed by atoms with Gasteiger partial charge >= 0.3 is 12.0 Å². The highest BCUT2D eigenvalue weighted by Gasteiger charge is 2.26. The zero-order chi connectivity index (χ0) is 14.5. The number of carbonyl (C=O) groups excluding carboxylic acids is 1. The molecule has 0 atom stereocenters. The van der Waals surface area contributed by atoms with Crippen LogP contribution in [0.4, 0.5) is 10.5 Å². The summed E-state index contributed by atoms with van der Waals surface area (Å²) in [6.07, 6.45) is 1.98. The van der Waals surface area contributed by atoms with Gasteiger partial charge in [-0.1, -0.05) is 19.1 Å². The van der Waals surface area contributed by atoms with Gasteiger partial charge in [-0.15, -0.1) is 0 Å². The van der Waals surface area contributed by atoms with Crippen molar-refractivity contribution >= 4 is 17.7 Å². The SMILES string of the molecule is CC1CC(NC(=O)Nc2ccccc2OCC(=O)O)C1. The summed E-state index contributed by atoms with van der Waals surface area (Å²) in [6, 6.07) is 6.66. The maximum atomic E-state index is 11.8. The predicted octanol–water partition coefficient (Wildman–Crippen LogP) is 2.07. The fourth-order valence-electron chi connectivity index (χ4n) is 2.20. The molecular formula is C14H18N2O4. The molecule has 0 spiro atoms. The maximum absolute atomic E-state index is 11.8. The first-order valence-electron chi connectivity index (χ1n) is 6.55. The summed E-state index contributed by atoms with van der Waals surface area (Å²) < 4.78 is 5.12. The van der Waals surface area contributed by atoms with Crippen molar-refractivity contribution < 1.29 is 19.4 Å². The number of aliphatic carboxylic acids is 1. The minimum Gasteiger partial charge on any atom is -0.480 e. The van der Waals surface area contributed by atoms with Crippen LogP contribution >= 0.6 is 0 Å². The lowest BCUT2D eigenvalue weighted by atomic mass is 9.82. The topological polar surface area (TPSA) is 87.7 Å². The second-order valence-corrected chi connectivity index (χ2v) is 5.05. The van der Waals surface area contributed by atoms with Crippen LogP contribution < -0.4 is 15.4 Å². The number of para-hydroxylation sites is 2. The maximum Gasteiger partial charge on any atom is 0.341 e. The minimum atomic E-state index is -1.06. The molecular weight excluding hydrogens is 260 g/mol. The molecule has 1 fully saturated rings. The average Bonchev–Trinajstić information content (AvgIpc) is 2.35. The van der Waals surface area contributed by atoms with Crippen LogP contribution in [-0.2, 0) is 4.79 Å². The highest BCUT2D eigenvalue weighted by Crippen LogP contribution is 2.27. The van der Waals surface area contributed by atoms with Crippen LogP contribution in [0, 0.1) is 5.92 Å². The summed E-state index contributed by atoms with van der Waals surface area (Å²) >= 11 is 0. The number of amides is 2. The Balaban J connectivity index is 1.90. The van der Waals surface area contributed by atoms with Crippen LogP contribution in [0.1, 0.15) is 19.8 Å². The Labute approximate surface area is 117 Å². The number of carbonyl (C=O) groups is 2. The van der Waals surface area contributed by atoms with Crippen molar-refractivity contribution in [2.24, 2.45) is 5.92 Å². The van der Waals surface area contributed by atoms with Crippen LogP contribution in [0.2, 0.25) is 0 Å². The molecule has 0 aromatic heterocycles. The van der Waals surface area contributed by atoms with Crippen molar-refractivity contribution in [3.05, 3.63) is 24.3 Å². The Hall–Kier alpha value is -2.24. The molecule has 2 amide bonds. The molecule has 20 heavy (non-hydrogen) atoms. The van der Waals surface area contributed by atoms with E-state index in [0.29, 0.717) is 17.4 Å². The van der Waals surface area contributed by atoms with Crippen LogP contribution in [0.5, 0.6) is 5.75 Å². The zero-order valence-electron chi connectivity index (χ0n) is 11.3. The molecule has 1 aliphatic carbocycles. The van der Waals surface area contributed by atoms with Gasteiger partial charge in [0.1, 0.15) is 5.75 Å². The van der Waals surface area contributed by atoms with E-state index in [1.807, 2.05) is 0 Å². The molecule has 6 heteroatoms. The number of benzene rings is 1. The van der Waals surface area contributed by atoms with Crippen molar-refractivity contribution in [1.82, 2.24) is 5.32 Å². The second-order valence-electron chi connectivity index (χ2n) is 5.05. The zero-order valence-corrected chi connectivity index (χ0v) is 11.3. The number of carboxylic acids is 1. The van der Waals surface area contributed by atoms with Gasteiger partial charge < -0.3 is 20.5 Å². The Bertz CT molecular complexity index is 498. The fraction of sp³-hybridized carbons (Fsp3) is 0.429. The number of anilines is 1. The normalized spacial score (nSPS) is 20.6. The van der Waals surface area contributed by atoms with Crippen molar-refractivity contribution in [1.29, 1.82) is 0 Å². The van der Waals surface area contributed by atoms with Crippen LogP contribution in [0.25, 0.3) is 0 Å². The molecule has 1 aromatic rings. The smallest absolute Gasteiger partial charge is 0.341 e. The van der Waals surface area contributed by atoms with Crippen LogP contribution in [-0.4, -0.2) is 29.8 Å². The Morgan fingerprint density at radius 3 is 2.70 bits per heavy atom. The number of hydrogen-bond donors (Lipinski definition) is 3. The first-order chi connectivity index (χ1) is 9.54. The Morgan fingerprint density at radius 1 is 1.35 bits per heavy atom. The molecule has 0 unspecified atom stereocenters. The number of ether oxygens (including phenoxy) is 1. The molecule has 0 radical (unpaired) electrons. The van der Waals surface area contributed by atoms with E-state index in [0.717, 1.165) is 12.8 Å². The predicted molar refractivity (Wildman–Crippen MR) is 73.9 cm³/mol. The van der Waals surface area contributed by atoms with E-state index >= 15 is 0 Å². The largest absolute Gasteiger partial charge is 0.480 e. The van der Waals surface area contributed by atoms with Gasteiger partial charge in [-0.05, 0) is 30.9 Å². The van der Waals surface area contributed by atoms with Crippen LogP contribution in [0.3, 0.4) is 0 Å². The van der Waals surface area contributed by atoms with Gasteiger partial charge in [-0.2, -0.15) is 0 Å². The lowest BCUT2D eigenvalue weighted by molar-refractivity contribution is -0.139. The van der Waals surface area contributed by atoms with Crippen molar-refractivity contribution in [3.8, 4) is 5.75 Å². The highest BCUT2D eigenvalue weighted by molar-refractivity contribution is 5.91. The highest BCUT2D eigenvalue weighted by atomic mass is 16.5. The van der Waals surface area contributed by atoms with Crippen molar-refractivity contribution in [2.75, 3.05) is 11.9 Å². The first-order valence-corrected chi connectivity index (χ1v) is 6.55. The summed E-state index contributed by atoms with van der Waals surface area (Å²) in [5.41, 5.74) is 0.457. The molecule has 0 heterocycles. The molecule has 1 aromatic carbocycles. The van der Waals surface area contributed by atoms with Gasteiger partial charge in [0.25, 0.3) is 0 Å². The molecule has 0 aliphatic heterocycles. The molecule has 0 saturated heterocycles. The summed E-state index contributed by atoms with van der Waals surface area (Å²) in [6.45, 7) is 1.70. The quantitative estimate of drug-likeness (QED) is 0.769. The lowest BCUT2D eigenvalue weighted by Gasteiger charge is -2.33. The fourth-order valence-corrected chi connectivity index (χ4v) is 2.20. The van der Waals surface area contributed by atoms with Crippen molar-refractivity contribution in [2.45, 2.75) is 25.8 Å². The molecule has 1 saturated carbocycles. The van der Waals surface area contributed by atoms with Gasteiger partial charge in [0.2, 0.25) is 0 Å². The Kier molecular flexibility index (Phi) is 4.45. The molecule has 6 nitrogen and oxygen atoms in total. The summed E-state index contributed by atoms with van der Waals surface area (Å²) in [5, 5.41) is 14.2. The number of urea groups is 1. The molecule has 1 aliphatic rings. The number of rotatable bonds is 5. The van der Waals surface area contributed by atoms with Gasteiger partial charge in [0.05, 0.1) is 5.69 Å². The first kappa shape index (κ1) is 14.2. The standard InChI is InChI=1S/C14H18N2O4/c1-9-6-10(7-9)15-14(19)16-11-4-2-3-5-12(11)20-8-13(17)18/h2-5,9-10H,6-8H2,1H3,(H,17,18)(H2,15,16,19). The molecule has 108 valence electrons. The van der Waals surface area contributed by atoms with E-state index < -0.39 is 12.6 Å². The average molecular weight is 278 g/mol. The van der Waals surface area contributed by atoms with Gasteiger partial charge in [0, 0.05) is 6.04 Å². The van der Waals surface area contributed by atoms with E-state index in [4.69, 9.17) is 9.84 Å². The van der Waals surface area contributed by atoms with E-state index in [1.165, 1.54) is 0 Å². The summed E-state index contributed by atoms with van der Waals surface area (Å²) in [7, 11) is 0. The van der Waals surface area contributed by atoms with Gasteiger partial charge in [-0.3, -0.25) is 0 Å². The lowest BCUT2D eigenvalue weighted by Crippen LogP contribution is -2.45. The summed E-state index contributed by atoms with van der Waals surface area (Å²) in [5.74, 6) is -0.0637. The molecule has 2 rings (SSSR count). The van der Waals surface area contributed by atoms with Crippen LogP contribution in [0.15, 0.2) is 24.3 Å². The number of nitrogens with one attached hydrogen (secondary N) is 2. The van der Waals surface area contributed by atoms with E-state index in [2.05, 4.69) is 17.6 Å². The summed E-state index contributed by atoms with van der Waals surface area (Å²) in [4.78, 5) is 22.3. The minimum absolute atomic E-state index is 0.220. The Morgan fingerprint density at radius 2 is 2.05 bits per heavy atom. The van der Waals surface area contributed by atoms with E-state index in [9.17, 15) is 9.59 Å². The second kappa shape index (κ2) is 6.27. The molecule has 3 N–H and O–H groups in total. The van der Waals surface area contributed by atoms with Gasteiger partial charge in [-0.25, -0.2) is 9.59 Å². The van der Waals surface area contributed by atoms with E-state index in [-0.39, 0.29) is 12.1 Å². The third kappa shape index (κ3) is 3.88. The van der Waals surface area contributed by atoms with E-state index in [1.54, 1.807) is 24.3 Å². The van der Waals surface area contributed by atoms with Gasteiger partial charge in [0.15, 0.2) is 6.61 Å². The third-order valence-corrected chi connectivity index (χ3v) is 3.20. The third-order valence-electron chi connectivity index (χ3n) is 3.20. The number of carboxylic acid groups (broad SMARTS) is 1. The molecule has 0 bridgehead atoms. The number of hydrogen-bond acceptors (Lipinski definition) is 3.